The van der Waals surface area contributed by atoms with Gasteiger partial charge in [0.15, 0.2) is 0 Å². The molecule has 0 radical (unpaired) electrons. The van der Waals surface area contributed by atoms with Crippen molar-refractivity contribution in [2.45, 2.75) is 18.0 Å². The highest BCUT2D eigenvalue weighted by atomic mass is 32.2. The molecule has 2 nitrogen and oxygen atoms in total. The van der Waals surface area contributed by atoms with Crippen molar-refractivity contribution in [3.8, 4) is 5.75 Å². The van der Waals surface area contributed by atoms with Crippen molar-refractivity contribution in [3.63, 3.8) is 0 Å². The highest BCUT2D eigenvalue weighted by Gasteiger charge is 2.14. The van der Waals surface area contributed by atoms with Crippen LogP contribution in [0.25, 0.3) is 0 Å². The third kappa shape index (κ3) is 3.17. The highest BCUT2D eigenvalue weighted by molar-refractivity contribution is 7.99. The van der Waals surface area contributed by atoms with E-state index in [-0.39, 0.29) is 0 Å². The van der Waals surface area contributed by atoms with Gasteiger partial charge in [0, 0.05) is 30.3 Å². The molecule has 20 heavy (non-hydrogen) atoms. The van der Waals surface area contributed by atoms with E-state index in [0.29, 0.717) is 0 Å². The molecule has 1 aliphatic heterocycles. The van der Waals surface area contributed by atoms with Gasteiger partial charge in [0.1, 0.15) is 5.75 Å². The zero-order valence-electron chi connectivity index (χ0n) is 11.7. The summed E-state index contributed by atoms with van der Waals surface area (Å²) in [6, 6.07) is 17.1. The largest absolute Gasteiger partial charge is 0.497 e. The maximum absolute atomic E-state index is 5.21. The van der Waals surface area contributed by atoms with Crippen LogP contribution in [0.3, 0.4) is 0 Å². The van der Waals surface area contributed by atoms with Crippen LogP contribution >= 0.6 is 11.8 Å². The third-order valence-electron chi connectivity index (χ3n) is 3.60. The summed E-state index contributed by atoms with van der Waals surface area (Å²) >= 11 is 1.97. The Morgan fingerprint density at radius 1 is 1.10 bits per heavy atom. The molecule has 0 amide bonds. The number of hydrogen-bond acceptors (Lipinski definition) is 3. The van der Waals surface area contributed by atoms with Crippen LogP contribution in [-0.4, -0.2) is 24.3 Å². The Balaban J connectivity index is 1.71. The van der Waals surface area contributed by atoms with Gasteiger partial charge in [0.2, 0.25) is 0 Å². The van der Waals surface area contributed by atoms with Crippen molar-refractivity contribution in [3.05, 3.63) is 59.7 Å². The fraction of sp³-hybridized carbons (Fsp3) is 0.294. The molecule has 2 aromatic rings. The van der Waals surface area contributed by atoms with E-state index >= 15 is 0 Å². The van der Waals surface area contributed by atoms with Crippen LogP contribution in [-0.2, 0) is 13.1 Å². The fourth-order valence-electron chi connectivity index (χ4n) is 2.50. The lowest BCUT2D eigenvalue weighted by atomic mass is 10.1. The first-order chi connectivity index (χ1) is 9.85. The summed E-state index contributed by atoms with van der Waals surface area (Å²) in [6.45, 7) is 3.17. The predicted molar refractivity (Wildman–Crippen MR) is 84.3 cm³/mol. The molecular weight excluding hydrogens is 266 g/mol. The number of ether oxygens (including phenoxy) is 1. The highest BCUT2D eigenvalue weighted by Crippen LogP contribution is 2.27. The van der Waals surface area contributed by atoms with Crippen LogP contribution in [0.1, 0.15) is 11.1 Å². The van der Waals surface area contributed by atoms with E-state index in [4.69, 9.17) is 4.74 Å². The Bertz CT molecular complexity index is 567. The lowest BCUT2D eigenvalue weighted by molar-refractivity contribution is 0.274. The van der Waals surface area contributed by atoms with E-state index in [0.717, 1.165) is 31.1 Å². The quantitative estimate of drug-likeness (QED) is 0.851. The van der Waals surface area contributed by atoms with Crippen LogP contribution in [0.15, 0.2) is 53.4 Å². The van der Waals surface area contributed by atoms with Gasteiger partial charge in [-0.25, -0.2) is 0 Å². The van der Waals surface area contributed by atoms with Crippen LogP contribution in [0.5, 0.6) is 5.75 Å². The number of fused-ring (bicyclic) bond motifs is 1. The first-order valence-electron chi connectivity index (χ1n) is 6.91. The van der Waals surface area contributed by atoms with Crippen molar-refractivity contribution in [2.75, 3.05) is 19.4 Å². The first kappa shape index (κ1) is 13.5. The number of nitrogens with zero attached hydrogens (tertiary/aromatic N) is 1. The Morgan fingerprint density at radius 2 is 1.90 bits per heavy atom. The van der Waals surface area contributed by atoms with E-state index in [1.54, 1.807) is 7.11 Å². The SMILES string of the molecule is COc1ccc(CN2CCSc3ccccc3C2)cc1. The molecule has 1 heterocycles. The predicted octanol–water partition coefficient (Wildman–Crippen LogP) is 3.80. The molecule has 0 fully saturated rings. The van der Waals surface area contributed by atoms with Gasteiger partial charge in [-0.15, -0.1) is 11.8 Å². The second-order valence-electron chi connectivity index (χ2n) is 5.01. The summed E-state index contributed by atoms with van der Waals surface area (Å²) in [5, 5.41) is 0. The van der Waals surface area contributed by atoms with Gasteiger partial charge in [0.25, 0.3) is 0 Å². The molecular formula is C17H19NOS. The topological polar surface area (TPSA) is 12.5 Å². The molecule has 0 atom stereocenters. The summed E-state index contributed by atoms with van der Waals surface area (Å²) in [4.78, 5) is 3.95. The van der Waals surface area contributed by atoms with Crippen molar-refractivity contribution in [1.29, 1.82) is 0 Å². The smallest absolute Gasteiger partial charge is 0.118 e. The second-order valence-corrected chi connectivity index (χ2v) is 6.15. The summed E-state index contributed by atoms with van der Waals surface area (Å²) in [5.74, 6) is 2.08. The van der Waals surface area contributed by atoms with Gasteiger partial charge in [-0.3, -0.25) is 4.90 Å². The number of thioether (sulfide) groups is 1. The lowest BCUT2D eigenvalue weighted by Crippen LogP contribution is -2.23. The van der Waals surface area contributed by atoms with Gasteiger partial charge in [0.05, 0.1) is 7.11 Å². The first-order valence-corrected chi connectivity index (χ1v) is 7.90. The molecule has 2 aromatic carbocycles. The zero-order valence-corrected chi connectivity index (χ0v) is 12.5. The van der Waals surface area contributed by atoms with E-state index in [2.05, 4.69) is 41.3 Å². The molecule has 0 bridgehead atoms. The molecule has 0 saturated heterocycles. The van der Waals surface area contributed by atoms with Gasteiger partial charge in [-0.2, -0.15) is 0 Å². The molecule has 0 aliphatic carbocycles. The molecule has 0 spiro atoms. The van der Waals surface area contributed by atoms with Crippen molar-refractivity contribution in [2.24, 2.45) is 0 Å². The third-order valence-corrected chi connectivity index (χ3v) is 4.69. The molecule has 0 N–H and O–H groups in total. The van der Waals surface area contributed by atoms with Gasteiger partial charge in [-0.05, 0) is 29.3 Å². The number of benzene rings is 2. The summed E-state index contributed by atoms with van der Waals surface area (Å²) in [7, 11) is 1.71. The van der Waals surface area contributed by atoms with Crippen molar-refractivity contribution >= 4 is 11.8 Å². The maximum Gasteiger partial charge on any atom is 0.118 e. The second kappa shape index (κ2) is 6.33. The molecule has 3 heteroatoms. The van der Waals surface area contributed by atoms with Gasteiger partial charge < -0.3 is 4.74 Å². The number of hydrogen-bond donors (Lipinski definition) is 0. The normalized spacial score (nSPS) is 15.4. The molecule has 104 valence electrons. The van der Waals surface area contributed by atoms with E-state index in [9.17, 15) is 0 Å². The molecule has 0 unspecified atom stereocenters. The Morgan fingerprint density at radius 3 is 2.70 bits per heavy atom. The average molecular weight is 285 g/mol. The summed E-state index contributed by atoms with van der Waals surface area (Å²) in [6.07, 6.45) is 0. The van der Waals surface area contributed by atoms with Crippen LogP contribution < -0.4 is 4.74 Å². The van der Waals surface area contributed by atoms with E-state index < -0.39 is 0 Å². The molecule has 1 aliphatic rings. The van der Waals surface area contributed by atoms with E-state index in [1.807, 2.05) is 23.9 Å². The van der Waals surface area contributed by atoms with Gasteiger partial charge >= 0.3 is 0 Å². The van der Waals surface area contributed by atoms with Crippen molar-refractivity contribution in [1.82, 2.24) is 4.90 Å². The zero-order chi connectivity index (χ0) is 13.8. The Hall–Kier alpha value is -1.45. The number of methoxy groups -OCH3 is 1. The lowest BCUT2D eigenvalue weighted by Gasteiger charge is -2.20. The minimum atomic E-state index is 0.922. The molecule has 0 aromatic heterocycles. The maximum atomic E-state index is 5.21. The minimum Gasteiger partial charge on any atom is -0.497 e. The average Bonchev–Trinajstić information content (AvgIpc) is 2.69. The van der Waals surface area contributed by atoms with Crippen molar-refractivity contribution < 1.29 is 4.74 Å². The van der Waals surface area contributed by atoms with Crippen LogP contribution in [0, 0.1) is 0 Å². The van der Waals surface area contributed by atoms with Crippen LogP contribution in [0.4, 0.5) is 0 Å². The monoisotopic (exact) mass is 285 g/mol. The van der Waals surface area contributed by atoms with Gasteiger partial charge in [-0.1, -0.05) is 30.3 Å². The van der Waals surface area contributed by atoms with E-state index in [1.165, 1.54) is 16.0 Å². The molecule has 3 rings (SSSR count). The number of rotatable bonds is 3. The summed E-state index contributed by atoms with van der Waals surface area (Å²) in [5.41, 5.74) is 2.79. The Kier molecular flexibility index (Phi) is 4.28. The minimum absolute atomic E-state index is 0.922. The Labute approximate surface area is 124 Å². The fourth-order valence-corrected chi connectivity index (χ4v) is 3.57. The summed E-state index contributed by atoms with van der Waals surface area (Å²) < 4.78 is 5.21. The molecule has 0 saturated carbocycles. The van der Waals surface area contributed by atoms with Crippen LogP contribution in [0.2, 0.25) is 0 Å². The standard InChI is InChI=1S/C17H19NOS/c1-19-16-8-6-14(7-9-16)12-18-10-11-20-17-5-3-2-4-15(17)13-18/h2-9H,10-13H2,1H3.